The van der Waals surface area contributed by atoms with E-state index in [2.05, 4.69) is 6.58 Å². The first-order valence-corrected chi connectivity index (χ1v) is 10.1. The summed E-state index contributed by atoms with van der Waals surface area (Å²) >= 11 is -2.44. The van der Waals surface area contributed by atoms with Crippen molar-refractivity contribution in [1.82, 2.24) is 0 Å². The SMILES string of the molecule is C=CC[C@H]1COC(=O)[C@@H]1[C@H](O)C(CC)[Se](=O)c1ccccc1. The van der Waals surface area contributed by atoms with E-state index < -0.39 is 30.7 Å². The van der Waals surface area contributed by atoms with Crippen molar-refractivity contribution < 1.29 is 18.5 Å². The van der Waals surface area contributed by atoms with E-state index >= 15 is 0 Å². The van der Waals surface area contributed by atoms with Gasteiger partial charge in [0.25, 0.3) is 0 Å². The molecule has 0 amide bonds. The van der Waals surface area contributed by atoms with Gasteiger partial charge < -0.3 is 0 Å². The van der Waals surface area contributed by atoms with Gasteiger partial charge in [-0.15, -0.1) is 0 Å². The van der Waals surface area contributed by atoms with Crippen LogP contribution < -0.4 is 4.46 Å². The van der Waals surface area contributed by atoms with Crippen LogP contribution in [0.3, 0.4) is 0 Å². The molecular formula is C17H22O4Se. The number of rotatable bonds is 7. The summed E-state index contributed by atoms with van der Waals surface area (Å²) in [6.45, 7) is 5.89. The van der Waals surface area contributed by atoms with Crippen molar-refractivity contribution in [2.24, 2.45) is 11.8 Å². The van der Waals surface area contributed by atoms with Gasteiger partial charge in [-0.2, -0.15) is 0 Å². The molecule has 0 bridgehead atoms. The third-order valence-electron chi connectivity index (χ3n) is 4.09. The second kappa shape index (κ2) is 7.82. The number of aliphatic hydroxyl groups is 1. The van der Waals surface area contributed by atoms with Crippen LogP contribution in [0.4, 0.5) is 0 Å². The fourth-order valence-electron chi connectivity index (χ4n) is 2.91. The first kappa shape index (κ1) is 17.1. The molecule has 0 aromatic heterocycles. The molecule has 0 saturated carbocycles. The molecule has 1 aliphatic heterocycles. The van der Waals surface area contributed by atoms with Crippen LogP contribution in [0.2, 0.25) is 4.82 Å². The Morgan fingerprint density at radius 3 is 2.73 bits per heavy atom. The van der Waals surface area contributed by atoms with Crippen LogP contribution in [0.5, 0.6) is 0 Å². The number of carbonyl (C=O) groups excluding carboxylic acids is 1. The van der Waals surface area contributed by atoms with Gasteiger partial charge in [-0.3, -0.25) is 0 Å². The number of esters is 1. The Kier molecular flexibility index (Phi) is 6.06. The molecule has 0 aliphatic carbocycles. The molecule has 1 fully saturated rings. The molecule has 1 heterocycles. The van der Waals surface area contributed by atoms with Gasteiger partial charge >= 0.3 is 135 Å². The van der Waals surface area contributed by atoms with Crippen LogP contribution in [-0.2, 0) is 13.4 Å². The van der Waals surface area contributed by atoms with Crippen molar-refractivity contribution >= 4 is 24.3 Å². The Bertz CT molecular complexity index is 543. The molecule has 2 unspecified atom stereocenters. The Hall–Kier alpha value is -1.29. The summed E-state index contributed by atoms with van der Waals surface area (Å²) in [5.74, 6) is -1.07. The van der Waals surface area contributed by atoms with Gasteiger partial charge in [-0.05, 0) is 0 Å². The molecule has 1 saturated heterocycles. The molecule has 1 N–H and O–H groups in total. The molecule has 5 heteroatoms. The van der Waals surface area contributed by atoms with E-state index in [-0.39, 0.29) is 11.9 Å². The second-order valence-electron chi connectivity index (χ2n) is 5.49. The number of benzene rings is 1. The van der Waals surface area contributed by atoms with E-state index in [0.29, 0.717) is 19.4 Å². The molecule has 2 rings (SSSR count). The average molecular weight is 369 g/mol. The number of allylic oxidation sites excluding steroid dienone is 1. The third kappa shape index (κ3) is 3.54. The zero-order valence-corrected chi connectivity index (χ0v) is 14.4. The molecule has 0 radical (unpaired) electrons. The van der Waals surface area contributed by atoms with Crippen LogP contribution in [0.15, 0.2) is 43.0 Å². The van der Waals surface area contributed by atoms with Crippen molar-refractivity contribution in [3.05, 3.63) is 43.0 Å². The Labute approximate surface area is 135 Å². The summed E-state index contributed by atoms with van der Waals surface area (Å²) in [5.41, 5.74) is 0. The molecule has 4 nitrogen and oxygen atoms in total. The van der Waals surface area contributed by atoms with Gasteiger partial charge in [0.15, 0.2) is 0 Å². The van der Waals surface area contributed by atoms with E-state index in [4.69, 9.17) is 4.74 Å². The topological polar surface area (TPSA) is 63.6 Å². The minimum absolute atomic E-state index is 0.0800. The van der Waals surface area contributed by atoms with Gasteiger partial charge in [0.05, 0.1) is 0 Å². The zero-order chi connectivity index (χ0) is 16.1. The predicted molar refractivity (Wildman–Crippen MR) is 85.3 cm³/mol. The van der Waals surface area contributed by atoms with E-state index in [0.717, 1.165) is 4.46 Å². The summed E-state index contributed by atoms with van der Waals surface area (Å²) in [5, 5.41) is 10.7. The molecule has 0 spiro atoms. The molecular weight excluding hydrogens is 347 g/mol. The van der Waals surface area contributed by atoms with E-state index in [1.807, 2.05) is 37.3 Å². The van der Waals surface area contributed by atoms with Crippen LogP contribution in [-0.4, -0.2) is 37.6 Å². The number of carbonyl (C=O) groups is 1. The van der Waals surface area contributed by atoms with Gasteiger partial charge in [-0.25, -0.2) is 0 Å². The number of cyclic esters (lactones) is 1. The van der Waals surface area contributed by atoms with Gasteiger partial charge in [0.1, 0.15) is 0 Å². The molecule has 1 aliphatic rings. The first-order chi connectivity index (χ1) is 10.6. The number of aliphatic hydroxyl groups excluding tert-OH is 1. The zero-order valence-electron chi connectivity index (χ0n) is 12.7. The van der Waals surface area contributed by atoms with Crippen LogP contribution in [0, 0.1) is 11.8 Å². The molecule has 5 atom stereocenters. The summed E-state index contributed by atoms with van der Waals surface area (Å²) in [6, 6.07) is 9.19. The van der Waals surface area contributed by atoms with Gasteiger partial charge in [0, 0.05) is 0 Å². The van der Waals surface area contributed by atoms with E-state index in [1.165, 1.54) is 0 Å². The molecule has 1 aromatic rings. The normalized spacial score (nSPS) is 25.3. The maximum atomic E-state index is 12.8. The van der Waals surface area contributed by atoms with Gasteiger partial charge in [-0.1, -0.05) is 0 Å². The molecule has 1 aromatic carbocycles. The third-order valence-corrected chi connectivity index (χ3v) is 8.07. The van der Waals surface area contributed by atoms with Crippen LogP contribution >= 0.6 is 0 Å². The monoisotopic (exact) mass is 370 g/mol. The average Bonchev–Trinajstić information content (AvgIpc) is 2.89. The van der Waals surface area contributed by atoms with E-state index in [9.17, 15) is 13.7 Å². The van der Waals surface area contributed by atoms with Gasteiger partial charge in [0.2, 0.25) is 0 Å². The van der Waals surface area contributed by atoms with Crippen LogP contribution in [0.25, 0.3) is 0 Å². The standard InChI is InChI=1S/C17H22O4Se/c1-3-8-12-11-21-17(19)15(12)16(18)14(4-2)22(20)13-9-6-5-7-10-13/h3,5-7,9-10,12,14-16,18H,1,4,8,11H2,2H3/t12-,14?,15-,16+,22?/m0/s1. The summed E-state index contributed by atoms with van der Waals surface area (Å²) in [7, 11) is 0. The quantitative estimate of drug-likeness (QED) is 0.453. The van der Waals surface area contributed by atoms with Crippen molar-refractivity contribution in [2.75, 3.05) is 6.61 Å². The predicted octanol–water partition coefficient (Wildman–Crippen LogP) is 1.82. The van der Waals surface area contributed by atoms with Crippen LogP contribution in [0.1, 0.15) is 19.8 Å². The number of ether oxygens (including phenoxy) is 1. The maximum absolute atomic E-state index is 12.8. The van der Waals surface area contributed by atoms with Crippen molar-refractivity contribution in [2.45, 2.75) is 30.7 Å². The minimum atomic E-state index is -2.44. The van der Waals surface area contributed by atoms with Crippen molar-refractivity contribution in [3.8, 4) is 0 Å². The molecule has 120 valence electrons. The summed E-state index contributed by atoms with van der Waals surface area (Å²) < 4.78 is 18.7. The van der Waals surface area contributed by atoms with Crippen molar-refractivity contribution in [1.29, 1.82) is 0 Å². The van der Waals surface area contributed by atoms with E-state index in [1.54, 1.807) is 6.08 Å². The summed E-state index contributed by atoms with van der Waals surface area (Å²) in [4.78, 5) is 11.6. The summed E-state index contributed by atoms with van der Waals surface area (Å²) in [6.07, 6.45) is 1.97. The second-order valence-corrected chi connectivity index (χ2v) is 9.00. The first-order valence-electron chi connectivity index (χ1n) is 7.51. The number of hydrogen-bond acceptors (Lipinski definition) is 4. The van der Waals surface area contributed by atoms with Crippen molar-refractivity contribution in [3.63, 3.8) is 0 Å². The Morgan fingerprint density at radius 1 is 1.45 bits per heavy atom. The Morgan fingerprint density at radius 2 is 2.14 bits per heavy atom. The fourth-order valence-corrected chi connectivity index (χ4v) is 6.06. The molecule has 22 heavy (non-hydrogen) atoms. The Balaban J connectivity index is 2.20. The fraction of sp³-hybridized carbons (Fsp3) is 0.471. The number of hydrogen-bond donors (Lipinski definition) is 1.